The van der Waals surface area contributed by atoms with Gasteiger partial charge in [0.25, 0.3) is 0 Å². The molecule has 3 aromatic carbocycles. The minimum absolute atomic E-state index is 0.282. The fraction of sp³-hybridized carbons (Fsp3) is 0.136. The molecule has 0 aliphatic carbocycles. The highest BCUT2D eigenvalue weighted by atomic mass is 16.5. The maximum atomic E-state index is 11.7. The number of rotatable bonds is 6. The zero-order chi connectivity index (χ0) is 18.2. The lowest BCUT2D eigenvalue weighted by Crippen LogP contribution is -2.24. The number of carbonyl (C=O) groups is 1. The van der Waals surface area contributed by atoms with Gasteiger partial charge in [-0.05, 0) is 46.5 Å². The maximum absolute atomic E-state index is 11.7. The minimum Gasteiger partial charge on any atom is -0.445 e. The fourth-order valence-electron chi connectivity index (χ4n) is 2.64. The van der Waals surface area contributed by atoms with Gasteiger partial charge in [0.2, 0.25) is 0 Å². The Morgan fingerprint density at radius 3 is 2.62 bits per heavy atom. The van der Waals surface area contributed by atoms with E-state index >= 15 is 0 Å². The van der Waals surface area contributed by atoms with Crippen LogP contribution in [0, 0.1) is 0 Å². The van der Waals surface area contributed by atoms with E-state index in [1.54, 1.807) is 0 Å². The van der Waals surface area contributed by atoms with Crippen molar-refractivity contribution in [2.24, 2.45) is 0 Å². The number of nitrogens with one attached hydrogen (secondary N) is 1. The van der Waals surface area contributed by atoms with Gasteiger partial charge >= 0.3 is 6.09 Å². The molecule has 0 aliphatic rings. The average molecular weight is 346 g/mol. The quantitative estimate of drug-likeness (QED) is 0.500. The van der Waals surface area contributed by atoms with Crippen molar-refractivity contribution in [1.82, 2.24) is 5.32 Å². The Morgan fingerprint density at radius 1 is 1.00 bits per heavy atom. The van der Waals surface area contributed by atoms with E-state index in [4.69, 9.17) is 10.5 Å². The first-order valence-electron chi connectivity index (χ1n) is 8.61. The third-order valence-electron chi connectivity index (χ3n) is 3.99. The molecule has 0 atom stereocenters. The maximum Gasteiger partial charge on any atom is 0.407 e. The number of hydrogen-bond donors (Lipinski definition) is 2. The molecule has 0 spiro atoms. The number of hydrogen-bond acceptors (Lipinski definition) is 3. The van der Waals surface area contributed by atoms with Crippen LogP contribution in [0.4, 0.5) is 10.5 Å². The molecule has 0 aromatic heterocycles. The van der Waals surface area contributed by atoms with Crippen LogP contribution in [0.15, 0.2) is 72.8 Å². The van der Waals surface area contributed by atoms with Gasteiger partial charge in [-0.1, -0.05) is 60.7 Å². The first-order chi connectivity index (χ1) is 12.7. The van der Waals surface area contributed by atoms with E-state index in [1.807, 2.05) is 60.7 Å². The largest absolute Gasteiger partial charge is 0.445 e. The summed E-state index contributed by atoms with van der Waals surface area (Å²) >= 11 is 0. The molecule has 0 aliphatic heterocycles. The molecule has 3 N–H and O–H groups in total. The third kappa shape index (κ3) is 5.11. The van der Waals surface area contributed by atoms with Crippen molar-refractivity contribution in [2.75, 3.05) is 12.3 Å². The third-order valence-corrected chi connectivity index (χ3v) is 3.99. The second-order valence-electron chi connectivity index (χ2n) is 6.05. The summed E-state index contributed by atoms with van der Waals surface area (Å²) in [5, 5.41) is 5.03. The van der Waals surface area contributed by atoms with Crippen molar-refractivity contribution in [3.05, 3.63) is 83.9 Å². The van der Waals surface area contributed by atoms with Crippen LogP contribution >= 0.6 is 0 Å². The lowest BCUT2D eigenvalue weighted by molar-refractivity contribution is 0.140. The van der Waals surface area contributed by atoms with E-state index in [-0.39, 0.29) is 6.61 Å². The van der Waals surface area contributed by atoms with Gasteiger partial charge < -0.3 is 15.8 Å². The molecular weight excluding hydrogens is 324 g/mol. The molecule has 0 radical (unpaired) electrons. The molecule has 3 aromatic rings. The van der Waals surface area contributed by atoms with Crippen LogP contribution in [0.2, 0.25) is 0 Å². The van der Waals surface area contributed by atoms with Crippen molar-refractivity contribution in [1.29, 1.82) is 0 Å². The van der Waals surface area contributed by atoms with Gasteiger partial charge in [0, 0.05) is 12.2 Å². The van der Waals surface area contributed by atoms with Crippen LogP contribution in [-0.4, -0.2) is 12.6 Å². The highest BCUT2D eigenvalue weighted by Crippen LogP contribution is 2.19. The van der Waals surface area contributed by atoms with Gasteiger partial charge in [0.05, 0.1) is 0 Å². The Kier molecular flexibility index (Phi) is 5.88. The molecule has 0 saturated heterocycles. The summed E-state index contributed by atoms with van der Waals surface area (Å²) < 4.78 is 5.17. The number of benzene rings is 3. The molecule has 0 unspecified atom stereocenters. The van der Waals surface area contributed by atoms with Crippen LogP contribution in [0.3, 0.4) is 0 Å². The zero-order valence-electron chi connectivity index (χ0n) is 14.5. The topological polar surface area (TPSA) is 64.3 Å². The smallest absolute Gasteiger partial charge is 0.407 e. The average Bonchev–Trinajstić information content (AvgIpc) is 2.67. The zero-order valence-corrected chi connectivity index (χ0v) is 14.5. The van der Waals surface area contributed by atoms with Crippen molar-refractivity contribution in [2.45, 2.75) is 13.0 Å². The number of ether oxygens (including phenoxy) is 1. The Bertz CT molecular complexity index is 904. The molecule has 132 valence electrons. The Morgan fingerprint density at radius 2 is 1.77 bits per heavy atom. The predicted molar refractivity (Wildman–Crippen MR) is 107 cm³/mol. The van der Waals surface area contributed by atoms with Crippen LogP contribution in [-0.2, 0) is 11.3 Å². The normalized spacial score (nSPS) is 10.9. The Balaban J connectivity index is 1.41. The molecule has 1 amide bonds. The summed E-state index contributed by atoms with van der Waals surface area (Å²) in [6.07, 6.45) is 4.42. The van der Waals surface area contributed by atoms with Gasteiger partial charge in [-0.25, -0.2) is 4.79 Å². The molecule has 0 heterocycles. The van der Waals surface area contributed by atoms with Crippen LogP contribution in [0.5, 0.6) is 0 Å². The minimum atomic E-state index is -0.398. The van der Waals surface area contributed by atoms with Gasteiger partial charge in [-0.2, -0.15) is 0 Å². The van der Waals surface area contributed by atoms with Crippen molar-refractivity contribution >= 4 is 28.6 Å². The predicted octanol–water partition coefficient (Wildman–Crippen LogP) is 4.75. The first kappa shape index (κ1) is 17.5. The number of fused-ring (bicyclic) bond motifs is 1. The van der Waals surface area contributed by atoms with Crippen LogP contribution < -0.4 is 11.1 Å². The standard InChI is InChI=1S/C22H22N2O2/c23-21-12-11-19-14-17(9-10-20(19)15-21)6-4-5-13-24-22(25)26-16-18-7-2-1-3-8-18/h1-4,6-12,14-15H,5,13,16,23H2,(H,24,25). The van der Waals surface area contributed by atoms with Gasteiger partial charge in [-0.15, -0.1) is 0 Å². The van der Waals surface area contributed by atoms with Crippen molar-refractivity contribution in [3.63, 3.8) is 0 Å². The van der Waals surface area contributed by atoms with Crippen molar-refractivity contribution in [3.8, 4) is 0 Å². The molecule has 0 saturated carbocycles. The number of nitrogen functional groups attached to an aromatic ring is 1. The number of carbonyl (C=O) groups excluding carboxylic acids is 1. The number of anilines is 1. The summed E-state index contributed by atoms with van der Waals surface area (Å²) in [6.45, 7) is 0.818. The number of amides is 1. The Hall–Kier alpha value is -3.27. The summed E-state index contributed by atoms with van der Waals surface area (Å²) in [5.41, 5.74) is 8.66. The lowest BCUT2D eigenvalue weighted by atomic mass is 10.1. The molecule has 4 heteroatoms. The summed E-state index contributed by atoms with van der Waals surface area (Å²) in [7, 11) is 0. The highest BCUT2D eigenvalue weighted by Gasteiger charge is 2.00. The SMILES string of the molecule is Nc1ccc2cc(C=CCCNC(=O)OCc3ccccc3)ccc2c1. The van der Waals surface area contributed by atoms with Crippen molar-refractivity contribution < 1.29 is 9.53 Å². The second kappa shape index (κ2) is 8.72. The number of alkyl carbamates (subject to hydrolysis) is 1. The lowest BCUT2D eigenvalue weighted by Gasteiger charge is -2.06. The second-order valence-corrected chi connectivity index (χ2v) is 6.05. The molecule has 3 rings (SSSR count). The molecule has 26 heavy (non-hydrogen) atoms. The van der Waals surface area contributed by atoms with E-state index in [2.05, 4.69) is 23.5 Å². The summed E-state index contributed by atoms with van der Waals surface area (Å²) in [6, 6.07) is 21.7. The van der Waals surface area contributed by atoms with E-state index < -0.39 is 6.09 Å². The molecule has 0 fully saturated rings. The van der Waals surface area contributed by atoms with E-state index in [1.165, 1.54) is 0 Å². The molecule has 4 nitrogen and oxygen atoms in total. The summed E-state index contributed by atoms with van der Waals surface area (Å²) in [5.74, 6) is 0. The van der Waals surface area contributed by atoms with Gasteiger partial charge in [0.15, 0.2) is 0 Å². The molecular formula is C22H22N2O2. The van der Waals surface area contributed by atoms with Crippen LogP contribution in [0.25, 0.3) is 16.8 Å². The van der Waals surface area contributed by atoms with E-state index in [0.29, 0.717) is 6.54 Å². The molecule has 0 bridgehead atoms. The Labute approximate surface area is 153 Å². The monoisotopic (exact) mass is 346 g/mol. The highest BCUT2D eigenvalue weighted by molar-refractivity contribution is 5.87. The van der Waals surface area contributed by atoms with E-state index in [9.17, 15) is 4.79 Å². The fourth-order valence-corrected chi connectivity index (χ4v) is 2.64. The summed E-state index contributed by atoms with van der Waals surface area (Å²) in [4.78, 5) is 11.7. The van der Waals surface area contributed by atoms with Gasteiger partial charge in [0.1, 0.15) is 6.61 Å². The first-order valence-corrected chi connectivity index (χ1v) is 8.61. The van der Waals surface area contributed by atoms with Gasteiger partial charge in [-0.3, -0.25) is 0 Å². The van der Waals surface area contributed by atoms with E-state index in [0.717, 1.165) is 34.0 Å². The van der Waals surface area contributed by atoms with Crippen LogP contribution in [0.1, 0.15) is 17.5 Å². The number of nitrogens with two attached hydrogens (primary N) is 1.